The topological polar surface area (TPSA) is 78.0 Å². The van der Waals surface area contributed by atoms with Gasteiger partial charge in [-0.3, -0.25) is 0 Å². The lowest BCUT2D eigenvalue weighted by Crippen LogP contribution is -2.43. The fourth-order valence-electron chi connectivity index (χ4n) is 3.16. The third-order valence-electron chi connectivity index (χ3n) is 4.67. The van der Waals surface area contributed by atoms with Crippen molar-refractivity contribution >= 4 is 54.8 Å². The minimum atomic E-state index is -4.63. The lowest BCUT2D eigenvalue weighted by atomic mass is 10.1. The Morgan fingerprint density at radius 3 is 1.97 bits per heavy atom. The molecule has 0 N–H and O–H groups in total. The van der Waals surface area contributed by atoms with E-state index in [0.717, 1.165) is 33.5 Å². The molecule has 0 bridgehead atoms. The molecule has 206 valence electrons. The quantitative estimate of drug-likeness (QED) is 0.286. The summed E-state index contributed by atoms with van der Waals surface area (Å²) in [6.07, 6.45) is -6.75. The van der Waals surface area contributed by atoms with Crippen molar-refractivity contribution in [2.45, 2.75) is 72.1 Å². The molecule has 38 heavy (non-hydrogen) atoms. The number of nitrogens with zero attached hydrogens (tertiary/aromatic N) is 2. The number of hydrogen-bond acceptors (Lipinski definition) is 7. The highest BCUT2D eigenvalue weighted by Crippen LogP contribution is 2.38. The SMILES string of the molecule is CC(C)(C)OC(=O)N(C(=O)OC(C)(C)C)c1nc2c(COCc3ccc(Br)cc3)cc(C(F)(F)F)cc2s1. The summed E-state index contributed by atoms with van der Waals surface area (Å²) >= 11 is 4.09. The molecule has 2 aromatic carbocycles. The number of aromatic nitrogens is 1. The number of carbonyl (C=O) groups excluding carboxylic acids is 2. The molecule has 0 saturated heterocycles. The summed E-state index contributed by atoms with van der Waals surface area (Å²) in [4.78, 5) is 30.9. The maximum atomic E-state index is 13.7. The number of imide groups is 1. The van der Waals surface area contributed by atoms with Gasteiger partial charge in [-0.15, -0.1) is 0 Å². The van der Waals surface area contributed by atoms with Crippen molar-refractivity contribution in [2.75, 3.05) is 4.90 Å². The highest BCUT2D eigenvalue weighted by molar-refractivity contribution is 9.10. The smallest absolute Gasteiger partial charge is 0.426 e. The number of carbonyl (C=O) groups is 2. The van der Waals surface area contributed by atoms with Crippen LogP contribution < -0.4 is 4.90 Å². The lowest BCUT2D eigenvalue weighted by molar-refractivity contribution is -0.137. The Morgan fingerprint density at radius 2 is 1.47 bits per heavy atom. The van der Waals surface area contributed by atoms with Crippen LogP contribution in [0.2, 0.25) is 0 Å². The number of anilines is 1. The molecule has 2 amide bonds. The van der Waals surface area contributed by atoms with Gasteiger partial charge >= 0.3 is 18.4 Å². The second-order valence-corrected chi connectivity index (χ2v) is 12.3. The largest absolute Gasteiger partial charge is 0.443 e. The molecule has 0 spiro atoms. The fourth-order valence-corrected chi connectivity index (χ4v) is 4.46. The van der Waals surface area contributed by atoms with Crippen molar-refractivity contribution in [1.29, 1.82) is 0 Å². The molecule has 1 aromatic heterocycles. The van der Waals surface area contributed by atoms with Crippen LogP contribution in [0.15, 0.2) is 40.9 Å². The summed E-state index contributed by atoms with van der Waals surface area (Å²) in [5.41, 5.74) is -1.65. The molecular weight excluding hydrogens is 589 g/mol. The number of halogens is 4. The molecular formula is C26H28BrF3N2O5S. The van der Waals surface area contributed by atoms with Crippen LogP contribution in [-0.2, 0) is 33.6 Å². The van der Waals surface area contributed by atoms with Gasteiger partial charge in [-0.05, 0) is 71.4 Å². The third-order valence-corrected chi connectivity index (χ3v) is 6.19. The molecule has 0 radical (unpaired) electrons. The average Bonchev–Trinajstić information content (AvgIpc) is 3.15. The molecule has 7 nitrogen and oxygen atoms in total. The number of fused-ring (bicyclic) bond motifs is 1. The average molecular weight is 617 g/mol. The summed E-state index contributed by atoms with van der Waals surface area (Å²) in [6, 6.07) is 9.19. The van der Waals surface area contributed by atoms with E-state index in [-0.39, 0.29) is 34.1 Å². The molecule has 0 saturated carbocycles. The van der Waals surface area contributed by atoms with Crippen molar-refractivity contribution < 1.29 is 37.0 Å². The van der Waals surface area contributed by atoms with Gasteiger partial charge in [-0.25, -0.2) is 14.6 Å². The van der Waals surface area contributed by atoms with Gasteiger partial charge in [-0.2, -0.15) is 18.1 Å². The molecule has 12 heteroatoms. The zero-order valence-corrected chi connectivity index (χ0v) is 24.1. The molecule has 0 unspecified atom stereocenters. The van der Waals surface area contributed by atoms with Gasteiger partial charge in [0.25, 0.3) is 0 Å². The number of benzene rings is 2. The molecule has 3 aromatic rings. The lowest BCUT2D eigenvalue weighted by Gasteiger charge is -2.27. The first-order valence-corrected chi connectivity index (χ1v) is 13.1. The van der Waals surface area contributed by atoms with Crippen LogP contribution in [0.25, 0.3) is 10.2 Å². The van der Waals surface area contributed by atoms with Gasteiger partial charge < -0.3 is 14.2 Å². The Morgan fingerprint density at radius 1 is 0.921 bits per heavy atom. The van der Waals surface area contributed by atoms with Gasteiger partial charge in [0.15, 0.2) is 0 Å². The molecule has 3 rings (SSSR count). The van der Waals surface area contributed by atoms with Crippen molar-refractivity contribution in [3.8, 4) is 0 Å². The Bertz CT molecular complexity index is 1280. The van der Waals surface area contributed by atoms with Crippen molar-refractivity contribution in [2.24, 2.45) is 0 Å². The van der Waals surface area contributed by atoms with Crippen LogP contribution in [0.4, 0.5) is 27.9 Å². The molecule has 1 heterocycles. The van der Waals surface area contributed by atoms with E-state index in [1.807, 2.05) is 24.3 Å². The van der Waals surface area contributed by atoms with E-state index >= 15 is 0 Å². The van der Waals surface area contributed by atoms with Crippen molar-refractivity contribution in [3.63, 3.8) is 0 Å². The summed E-state index contributed by atoms with van der Waals surface area (Å²) in [6.45, 7) is 9.68. The maximum Gasteiger partial charge on any atom is 0.426 e. The molecule has 0 fully saturated rings. The summed E-state index contributed by atoms with van der Waals surface area (Å²) in [5, 5.41) is -0.183. The Kier molecular flexibility index (Phi) is 8.79. The normalized spacial score (nSPS) is 12.5. The molecule has 0 atom stereocenters. The number of ether oxygens (including phenoxy) is 3. The Hall–Kier alpha value is -2.70. The van der Waals surface area contributed by atoms with Crippen LogP contribution in [0.1, 0.15) is 58.2 Å². The molecule has 0 aliphatic carbocycles. The van der Waals surface area contributed by atoms with E-state index in [0.29, 0.717) is 4.90 Å². The first-order chi connectivity index (χ1) is 17.4. The number of thiazole rings is 1. The maximum absolute atomic E-state index is 13.7. The predicted octanol–water partition coefficient (Wildman–Crippen LogP) is 8.47. The summed E-state index contributed by atoms with van der Waals surface area (Å²) < 4.78 is 58.5. The summed E-state index contributed by atoms with van der Waals surface area (Å²) in [7, 11) is 0. The van der Waals surface area contributed by atoms with Crippen LogP contribution in [0.5, 0.6) is 0 Å². The zero-order valence-electron chi connectivity index (χ0n) is 21.7. The van der Waals surface area contributed by atoms with E-state index in [1.165, 1.54) is 0 Å². The van der Waals surface area contributed by atoms with E-state index in [2.05, 4.69) is 20.9 Å². The molecule has 0 aliphatic heterocycles. The van der Waals surface area contributed by atoms with Gasteiger partial charge in [-0.1, -0.05) is 39.4 Å². The number of hydrogen-bond donors (Lipinski definition) is 0. The van der Waals surface area contributed by atoms with Crippen LogP contribution in [0.3, 0.4) is 0 Å². The Balaban J connectivity index is 2.03. The number of rotatable bonds is 5. The highest BCUT2D eigenvalue weighted by atomic mass is 79.9. The van der Waals surface area contributed by atoms with Crippen molar-refractivity contribution in [3.05, 3.63) is 57.6 Å². The standard InChI is InChI=1S/C26H28BrF3N2O5S/c1-24(2,3)36-22(33)32(23(34)37-25(4,5)6)21-31-20-16(11-17(26(28,29)30)12-19(20)38-21)14-35-13-15-7-9-18(27)10-8-15/h7-12H,13-14H2,1-6H3. The van der Waals surface area contributed by atoms with Crippen LogP contribution >= 0.6 is 27.3 Å². The minimum Gasteiger partial charge on any atom is -0.443 e. The van der Waals surface area contributed by atoms with Crippen molar-refractivity contribution in [1.82, 2.24) is 4.98 Å². The van der Waals surface area contributed by atoms with E-state index < -0.39 is 35.1 Å². The fraction of sp³-hybridized carbons (Fsp3) is 0.423. The number of alkyl halides is 3. The first kappa shape index (κ1) is 29.9. The Labute approximate surface area is 231 Å². The number of amides is 2. The van der Waals surface area contributed by atoms with Gasteiger partial charge in [0.05, 0.1) is 29.0 Å². The van der Waals surface area contributed by atoms with Gasteiger partial charge in [0.1, 0.15) is 11.2 Å². The minimum absolute atomic E-state index is 0.120. The van der Waals surface area contributed by atoms with E-state index in [1.54, 1.807) is 41.5 Å². The van der Waals surface area contributed by atoms with Gasteiger partial charge in [0, 0.05) is 10.0 Å². The van der Waals surface area contributed by atoms with Gasteiger partial charge in [0.2, 0.25) is 5.13 Å². The monoisotopic (exact) mass is 616 g/mol. The summed E-state index contributed by atoms with van der Waals surface area (Å²) in [5.74, 6) is 0. The predicted molar refractivity (Wildman–Crippen MR) is 142 cm³/mol. The highest BCUT2D eigenvalue weighted by Gasteiger charge is 2.36. The second kappa shape index (κ2) is 11.2. The van der Waals surface area contributed by atoms with Crippen LogP contribution in [0, 0.1) is 0 Å². The van der Waals surface area contributed by atoms with E-state index in [9.17, 15) is 22.8 Å². The third kappa shape index (κ3) is 8.15. The zero-order chi connectivity index (χ0) is 28.5. The van der Waals surface area contributed by atoms with Crippen LogP contribution in [-0.4, -0.2) is 28.4 Å². The molecule has 0 aliphatic rings. The van der Waals surface area contributed by atoms with E-state index in [4.69, 9.17) is 14.2 Å². The first-order valence-electron chi connectivity index (χ1n) is 11.5. The second-order valence-electron chi connectivity index (χ2n) is 10.4.